The van der Waals surface area contributed by atoms with Crippen LogP contribution in [0.25, 0.3) is 0 Å². The second-order valence-electron chi connectivity index (χ2n) is 12.5. The Kier molecular flexibility index (Phi) is 11.5. The fourth-order valence-electron chi connectivity index (χ4n) is 6.22. The molecule has 1 unspecified atom stereocenters. The molecule has 5 rings (SSSR count). The summed E-state index contributed by atoms with van der Waals surface area (Å²) < 4.78 is 31.6. The smallest absolute Gasteiger partial charge is 0.262 e. The molecule has 49 heavy (non-hydrogen) atoms. The number of nitrogens with two attached hydrogens (primary N) is 1. The lowest BCUT2D eigenvalue weighted by atomic mass is 9.95. The van der Waals surface area contributed by atoms with Crippen LogP contribution < -0.4 is 20.5 Å². The first-order chi connectivity index (χ1) is 23.1. The van der Waals surface area contributed by atoms with Crippen LogP contribution in [0.5, 0.6) is 5.75 Å². The number of nitrogens with one attached hydrogen (secondary N) is 2. The zero-order chi connectivity index (χ0) is 35.7. The van der Waals surface area contributed by atoms with Crippen molar-refractivity contribution < 1.29 is 22.7 Å². The standard InChI is InChI=1S/C34H41Cl3N6O5S/c1-5-48-28-19-27(37)29(49(38,46)47)18-26(28)34(33(45)43-16-14-42(15-17-43)20-30(44)41(4)21(2)3)39-31(22-6-10-24(35)11-7-22)32(40-34)23-8-12-25(36)13-9-23/h6-13,18-19,21,31-32,39-40H,5,14-17,20H2,1-4H3,(H2,38,46,47)/t31-,32+,34?. The molecule has 2 saturated heterocycles. The van der Waals surface area contributed by atoms with Gasteiger partial charge in [-0.15, -0.1) is 0 Å². The Morgan fingerprint density at radius 3 is 1.90 bits per heavy atom. The van der Waals surface area contributed by atoms with Crippen molar-refractivity contribution in [2.45, 2.75) is 49.5 Å². The van der Waals surface area contributed by atoms with Crippen LogP contribution in [0, 0.1) is 0 Å². The second kappa shape index (κ2) is 15.1. The number of likely N-dealkylation sites (N-methyl/N-ethyl adjacent to an activating group) is 1. The highest BCUT2D eigenvalue weighted by molar-refractivity contribution is 7.89. The number of carbonyl (C=O) groups excluding carboxylic acids is 2. The molecule has 11 nitrogen and oxygen atoms in total. The van der Waals surface area contributed by atoms with E-state index >= 15 is 4.79 Å². The number of ether oxygens (including phenoxy) is 1. The number of sulfonamides is 1. The number of hydrogen-bond acceptors (Lipinski definition) is 8. The van der Waals surface area contributed by atoms with Gasteiger partial charge in [0.2, 0.25) is 15.9 Å². The van der Waals surface area contributed by atoms with Gasteiger partial charge in [-0.3, -0.25) is 25.1 Å². The van der Waals surface area contributed by atoms with Crippen LogP contribution in [-0.4, -0.2) is 87.4 Å². The van der Waals surface area contributed by atoms with Crippen LogP contribution in [0.15, 0.2) is 65.6 Å². The minimum Gasteiger partial charge on any atom is -0.493 e. The summed E-state index contributed by atoms with van der Waals surface area (Å²) in [7, 11) is -2.53. The van der Waals surface area contributed by atoms with Crippen LogP contribution in [0.2, 0.25) is 15.1 Å². The Hall–Kier alpha value is -2.94. The summed E-state index contributed by atoms with van der Waals surface area (Å²) in [6, 6.07) is 16.3. The van der Waals surface area contributed by atoms with Gasteiger partial charge in [0.25, 0.3) is 5.91 Å². The highest BCUT2D eigenvalue weighted by Gasteiger charge is 2.55. The summed E-state index contributed by atoms with van der Waals surface area (Å²) in [5.74, 6) is -0.155. The van der Waals surface area contributed by atoms with Crippen molar-refractivity contribution in [1.82, 2.24) is 25.3 Å². The number of hydrogen-bond donors (Lipinski definition) is 3. The normalized spacial score (nSPS) is 21.6. The summed E-state index contributed by atoms with van der Waals surface area (Å²) in [4.78, 5) is 33.0. The van der Waals surface area contributed by atoms with Crippen molar-refractivity contribution in [2.75, 3.05) is 46.4 Å². The Bertz CT molecular complexity index is 1730. The Morgan fingerprint density at radius 2 is 1.45 bits per heavy atom. The lowest BCUT2D eigenvalue weighted by molar-refractivity contribution is -0.142. The first kappa shape index (κ1) is 37.3. The van der Waals surface area contributed by atoms with Gasteiger partial charge in [0.1, 0.15) is 10.6 Å². The molecule has 0 bridgehead atoms. The predicted molar refractivity (Wildman–Crippen MR) is 191 cm³/mol. The third-order valence-corrected chi connectivity index (χ3v) is 11.0. The Labute approximate surface area is 302 Å². The molecule has 3 atom stereocenters. The van der Waals surface area contributed by atoms with Gasteiger partial charge in [0, 0.05) is 60.9 Å². The maximum atomic E-state index is 15.1. The van der Waals surface area contributed by atoms with E-state index in [9.17, 15) is 13.2 Å². The van der Waals surface area contributed by atoms with E-state index in [0.717, 1.165) is 11.1 Å². The molecule has 2 fully saturated rings. The van der Waals surface area contributed by atoms with Gasteiger partial charge in [-0.2, -0.15) is 0 Å². The van der Waals surface area contributed by atoms with E-state index in [-0.39, 0.29) is 52.2 Å². The predicted octanol–water partition coefficient (Wildman–Crippen LogP) is 4.53. The zero-order valence-electron chi connectivity index (χ0n) is 27.8. The van der Waals surface area contributed by atoms with E-state index in [0.29, 0.717) is 36.2 Å². The maximum absolute atomic E-state index is 15.1. The fourth-order valence-corrected chi connectivity index (χ4v) is 7.56. The van der Waals surface area contributed by atoms with E-state index in [1.165, 1.54) is 12.1 Å². The molecule has 3 aromatic rings. The zero-order valence-corrected chi connectivity index (χ0v) is 30.8. The average molecular weight is 752 g/mol. The van der Waals surface area contributed by atoms with Gasteiger partial charge in [0.15, 0.2) is 5.66 Å². The topological polar surface area (TPSA) is 137 Å². The van der Waals surface area contributed by atoms with Gasteiger partial charge >= 0.3 is 0 Å². The fraction of sp³-hybridized carbons (Fsp3) is 0.412. The number of benzene rings is 3. The quantitative estimate of drug-likeness (QED) is 0.275. The molecule has 4 N–H and O–H groups in total. The van der Waals surface area contributed by atoms with Crippen LogP contribution in [0.1, 0.15) is 49.5 Å². The molecule has 15 heteroatoms. The second-order valence-corrected chi connectivity index (χ2v) is 15.3. The molecule has 264 valence electrons. The van der Waals surface area contributed by atoms with Crippen LogP contribution >= 0.6 is 34.8 Å². The molecule has 0 radical (unpaired) electrons. The average Bonchev–Trinajstić information content (AvgIpc) is 3.46. The summed E-state index contributed by atoms with van der Waals surface area (Å²) in [6.07, 6.45) is 0. The van der Waals surface area contributed by atoms with Gasteiger partial charge in [0.05, 0.1) is 30.3 Å². The molecule has 2 heterocycles. The van der Waals surface area contributed by atoms with Crippen molar-refractivity contribution in [3.8, 4) is 5.75 Å². The summed E-state index contributed by atoms with van der Waals surface area (Å²) in [5, 5.41) is 13.7. The summed E-state index contributed by atoms with van der Waals surface area (Å²) in [6.45, 7) is 7.69. The SMILES string of the molecule is CCOc1cc(Cl)c(S(N)(=O)=O)cc1C1(C(=O)N2CCN(CC(=O)N(C)C(C)C)CC2)N[C@H](c2ccc(Cl)cc2)[C@H](c2ccc(Cl)cc2)N1. The van der Waals surface area contributed by atoms with Crippen LogP contribution in [0.4, 0.5) is 0 Å². The number of amides is 2. The van der Waals surface area contributed by atoms with Crippen molar-refractivity contribution in [3.05, 3.63) is 92.4 Å². The molecular weight excluding hydrogens is 711 g/mol. The van der Waals surface area contributed by atoms with Gasteiger partial charge in [-0.05, 0) is 62.2 Å². The first-order valence-corrected chi connectivity index (χ1v) is 18.7. The van der Waals surface area contributed by atoms with E-state index < -0.39 is 27.8 Å². The van der Waals surface area contributed by atoms with Crippen LogP contribution in [-0.2, 0) is 25.3 Å². The van der Waals surface area contributed by atoms with Crippen LogP contribution in [0.3, 0.4) is 0 Å². The van der Waals surface area contributed by atoms with Crippen molar-refractivity contribution >= 4 is 56.6 Å². The van der Waals surface area contributed by atoms with E-state index in [1.54, 1.807) is 48.0 Å². The molecule has 2 aliphatic heterocycles. The highest BCUT2D eigenvalue weighted by Crippen LogP contribution is 2.46. The maximum Gasteiger partial charge on any atom is 0.262 e. The first-order valence-electron chi connectivity index (χ1n) is 16.0. The summed E-state index contributed by atoms with van der Waals surface area (Å²) >= 11 is 19.0. The summed E-state index contributed by atoms with van der Waals surface area (Å²) in [5.41, 5.74) is 0.128. The number of carbonyl (C=O) groups is 2. The minimum absolute atomic E-state index is 0.0000272. The number of nitrogens with zero attached hydrogens (tertiary/aromatic N) is 3. The number of piperazine rings is 1. The van der Waals surface area contributed by atoms with Crippen molar-refractivity contribution in [3.63, 3.8) is 0 Å². The third kappa shape index (κ3) is 8.02. The number of rotatable bonds is 10. The molecule has 0 aliphatic carbocycles. The number of primary sulfonamides is 1. The van der Waals surface area contributed by atoms with Gasteiger partial charge < -0.3 is 14.5 Å². The Balaban J connectivity index is 1.62. The lowest BCUT2D eigenvalue weighted by Gasteiger charge is -2.41. The largest absolute Gasteiger partial charge is 0.493 e. The van der Waals surface area contributed by atoms with E-state index in [1.807, 2.05) is 43.0 Å². The molecular formula is C34H41Cl3N6O5S. The molecule has 2 aliphatic rings. The molecule has 0 saturated carbocycles. The van der Waals surface area contributed by atoms with Gasteiger partial charge in [-0.1, -0.05) is 59.1 Å². The third-order valence-electron chi connectivity index (χ3n) is 9.09. The van der Waals surface area contributed by atoms with E-state index in [2.05, 4.69) is 10.6 Å². The van der Waals surface area contributed by atoms with E-state index in [4.69, 9.17) is 44.7 Å². The monoisotopic (exact) mass is 750 g/mol. The molecule has 0 aromatic heterocycles. The molecule has 3 aromatic carbocycles. The van der Waals surface area contributed by atoms with Crippen molar-refractivity contribution in [1.29, 1.82) is 0 Å². The molecule has 0 spiro atoms. The number of halogens is 3. The Morgan fingerprint density at radius 1 is 0.939 bits per heavy atom. The minimum atomic E-state index is -4.31. The molecule has 2 amide bonds. The highest BCUT2D eigenvalue weighted by atomic mass is 35.5. The van der Waals surface area contributed by atoms with Gasteiger partial charge in [-0.25, -0.2) is 13.6 Å². The van der Waals surface area contributed by atoms with Crippen molar-refractivity contribution in [2.24, 2.45) is 5.14 Å². The lowest BCUT2D eigenvalue weighted by Crippen LogP contribution is -2.62.